The zero-order valence-electron chi connectivity index (χ0n) is 22.0. The predicted octanol–water partition coefficient (Wildman–Crippen LogP) is 2.23. The van der Waals surface area contributed by atoms with Crippen LogP contribution in [-0.2, 0) is 29.9 Å². The number of nitrogens with zero attached hydrogens (tertiary/aromatic N) is 2. The number of aliphatic hydroxyl groups is 1. The number of hydrogen-bond donors (Lipinski definition) is 3. The SMILES string of the molecule is [B]OC(CO[P@@](=O)(N[C@@H](C)C(=O)OCc1ccccc1)Oc1ccccc1)[C@H](O)C1(F)C[C@H]1n1ccc(N)nc1=O. The van der Waals surface area contributed by atoms with Crippen LogP contribution in [0, 0.1) is 0 Å². The number of nitrogens with two attached hydrogens (primary N) is 1. The van der Waals surface area contributed by atoms with Crippen LogP contribution in [0.25, 0.3) is 0 Å². The Morgan fingerprint density at radius 1 is 1.24 bits per heavy atom. The summed E-state index contributed by atoms with van der Waals surface area (Å²) in [7, 11) is 0.958. The molecule has 0 spiro atoms. The Morgan fingerprint density at radius 3 is 2.54 bits per heavy atom. The van der Waals surface area contributed by atoms with E-state index in [0.29, 0.717) is 0 Å². The quantitative estimate of drug-likeness (QED) is 0.144. The monoisotopic (exact) mass is 586 g/mol. The van der Waals surface area contributed by atoms with Gasteiger partial charge in [0.1, 0.15) is 30.3 Å². The van der Waals surface area contributed by atoms with Crippen LogP contribution in [-0.4, -0.2) is 59.2 Å². The topological polar surface area (TPSA) is 164 Å². The first-order valence-corrected chi connectivity index (χ1v) is 14.1. The minimum Gasteiger partial charge on any atom is -0.460 e. The highest BCUT2D eigenvalue weighted by Gasteiger charge is 2.64. The molecular formula is C26H29BFN4O8P. The number of nitrogen functional groups attached to an aromatic ring is 1. The molecule has 1 fully saturated rings. The fourth-order valence-electron chi connectivity index (χ4n) is 4.09. The minimum absolute atomic E-state index is 0.0158. The predicted molar refractivity (Wildman–Crippen MR) is 147 cm³/mol. The maximum absolute atomic E-state index is 15.6. The third-order valence-corrected chi connectivity index (χ3v) is 8.06. The number of alkyl halides is 1. The van der Waals surface area contributed by atoms with Crippen molar-refractivity contribution in [2.24, 2.45) is 0 Å². The van der Waals surface area contributed by atoms with Gasteiger partial charge in [0.15, 0.2) is 5.67 Å². The number of anilines is 1. The van der Waals surface area contributed by atoms with Gasteiger partial charge in [0.25, 0.3) is 8.05 Å². The number of nitrogens with one attached hydrogen (secondary N) is 1. The summed E-state index contributed by atoms with van der Waals surface area (Å²) >= 11 is 0. The second-order valence-electron chi connectivity index (χ2n) is 9.45. The molecule has 1 aromatic heterocycles. The van der Waals surface area contributed by atoms with Crippen LogP contribution in [0.4, 0.5) is 10.2 Å². The van der Waals surface area contributed by atoms with Crippen molar-refractivity contribution in [3.63, 3.8) is 0 Å². The summed E-state index contributed by atoms with van der Waals surface area (Å²) in [4.78, 5) is 28.3. The van der Waals surface area contributed by atoms with Gasteiger partial charge in [-0.15, -0.1) is 0 Å². The highest BCUT2D eigenvalue weighted by molar-refractivity contribution is 7.52. The van der Waals surface area contributed by atoms with E-state index in [2.05, 4.69) is 10.1 Å². The highest BCUT2D eigenvalue weighted by Crippen LogP contribution is 2.54. The molecule has 0 saturated heterocycles. The normalized spacial score (nSPS) is 21.7. The Hall–Kier alpha value is -3.55. The van der Waals surface area contributed by atoms with Crippen molar-refractivity contribution in [1.29, 1.82) is 0 Å². The van der Waals surface area contributed by atoms with Crippen LogP contribution in [0.3, 0.4) is 0 Å². The Morgan fingerprint density at radius 2 is 1.90 bits per heavy atom. The molecule has 2 unspecified atom stereocenters. The molecule has 4 N–H and O–H groups in total. The van der Waals surface area contributed by atoms with Crippen molar-refractivity contribution in [2.45, 2.75) is 49.9 Å². The fraction of sp³-hybridized carbons (Fsp3) is 0.346. The van der Waals surface area contributed by atoms with Crippen LogP contribution in [0.15, 0.2) is 77.7 Å². The first-order valence-electron chi connectivity index (χ1n) is 12.6. The molecule has 0 bridgehead atoms. The number of ether oxygens (including phenoxy) is 1. The highest BCUT2D eigenvalue weighted by atomic mass is 31.2. The summed E-state index contributed by atoms with van der Waals surface area (Å²) in [6.45, 7) is 0.666. The number of esters is 1. The summed E-state index contributed by atoms with van der Waals surface area (Å²) in [6, 6.07) is 16.0. The number of aromatic nitrogens is 2. The molecule has 0 amide bonds. The average Bonchev–Trinajstić information content (AvgIpc) is 3.64. The Balaban J connectivity index is 1.44. The summed E-state index contributed by atoms with van der Waals surface area (Å²) in [6.07, 6.45) is -2.43. The smallest absolute Gasteiger partial charge is 0.459 e. The zero-order chi connectivity index (χ0) is 29.6. The van der Waals surface area contributed by atoms with Crippen molar-refractivity contribution in [1.82, 2.24) is 14.6 Å². The number of benzene rings is 2. The zero-order valence-corrected chi connectivity index (χ0v) is 22.9. The fourth-order valence-corrected chi connectivity index (χ4v) is 5.59. The lowest BCUT2D eigenvalue weighted by Gasteiger charge is -2.28. The Kier molecular flexibility index (Phi) is 9.62. The number of carbonyl (C=O) groups excluding carboxylic acids is 1. The van der Waals surface area contributed by atoms with Crippen molar-refractivity contribution in [3.05, 3.63) is 89.0 Å². The lowest BCUT2D eigenvalue weighted by atomic mass is 10.1. The molecule has 1 heterocycles. The first-order chi connectivity index (χ1) is 19.5. The van der Waals surface area contributed by atoms with Gasteiger partial charge in [-0.3, -0.25) is 13.9 Å². The van der Waals surface area contributed by atoms with Crippen LogP contribution < -0.4 is 21.0 Å². The standard InChI is InChI=1S/C26H29BFN4O8P/c1-17(24(34)37-15-18-8-4-2-5-9-18)31-41(36,40-19-10-6-3-7-11-19)38-16-20(39-27)23(33)26(28)14-21(26)32-13-12-22(29)30-25(32)35/h2-13,17,20-21,23,33H,14-16H2,1H3,(H,31,36)(H2,29,30,35)/t17-,20?,21+,23-,26?,41-/m0/s1. The van der Waals surface area contributed by atoms with Crippen molar-refractivity contribution < 1.29 is 37.3 Å². The summed E-state index contributed by atoms with van der Waals surface area (Å²) in [5.41, 5.74) is 3.11. The molecule has 41 heavy (non-hydrogen) atoms. The van der Waals surface area contributed by atoms with E-state index in [4.69, 9.17) is 32.2 Å². The van der Waals surface area contributed by atoms with E-state index >= 15 is 4.39 Å². The largest absolute Gasteiger partial charge is 0.460 e. The van der Waals surface area contributed by atoms with Gasteiger partial charge in [0.05, 0.1) is 18.8 Å². The number of para-hydroxylation sites is 1. The van der Waals surface area contributed by atoms with Gasteiger partial charge >= 0.3 is 19.4 Å². The van der Waals surface area contributed by atoms with E-state index in [1.165, 1.54) is 31.3 Å². The van der Waals surface area contributed by atoms with E-state index in [-0.39, 0.29) is 24.6 Å². The second kappa shape index (κ2) is 13.0. The van der Waals surface area contributed by atoms with Crippen LogP contribution in [0.2, 0.25) is 0 Å². The lowest BCUT2D eigenvalue weighted by molar-refractivity contribution is -0.146. The van der Waals surface area contributed by atoms with E-state index in [1.807, 2.05) is 6.07 Å². The third-order valence-electron chi connectivity index (χ3n) is 6.41. The van der Waals surface area contributed by atoms with E-state index < -0.39 is 56.0 Å². The summed E-state index contributed by atoms with van der Waals surface area (Å²) in [5.74, 6) is -0.640. The van der Waals surface area contributed by atoms with Gasteiger partial charge in [-0.1, -0.05) is 48.5 Å². The molecular weight excluding hydrogens is 557 g/mol. The summed E-state index contributed by atoms with van der Waals surface area (Å²) in [5, 5.41) is 13.3. The molecule has 1 aliphatic carbocycles. The maximum atomic E-state index is 15.6. The van der Waals surface area contributed by atoms with Gasteiger partial charge < -0.3 is 24.8 Å². The molecule has 0 aliphatic heterocycles. The van der Waals surface area contributed by atoms with Gasteiger partial charge in [-0.2, -0.15) is 10.1 Å². The van der Waals surface area contributed by atoms with Gasteiger partial charge in [0.2, 0.25) is 0 Å². The molecule has 4 rings (SSSR count). The Labute approximate surface area is 236 Å². The lowest BCUT2D eigenvalue weighted by Crippen LogP contribution is -2.43. The molecule has 15 heteroatoms. The van der Waals surface area contributed by atoms with Crippen molar-refractivity contribution in [3.8, 4) is 5.75 Å². The molecule has 216 valence electrons. The molecule has 1 aliphatic rings. The van der Waals surface area contributed by atoms with Gasteiger partial charge in [0, 0.05) is 12.6 Å². The number of halogens is 1. The molecule has 3 aromatic rings. The van der Waals surface area contributed by atoms with E-state index in [9.17, 15) is 19.3 Å². The molecule has 6 atom stereocenters. The average molecular weight is 586 g/mol. The number of rotatable bonds is 14. The number of carbonyl (C=O) groups is 1. The Bertz CT molecular complexity index is 1440. The molecule has 12 nitrogen and oxygen atoms in total. The van der Waals surface area contributed by atoms with Crippen molar-refractivity contribution in [2.75, 3.05) is 12.3 Å². The molecule has 2 radical (unpaired) electrons. The van der Waals surface area contributed by atoms with Crippen LogP contribution in [0.1, 0.15) is 24.9 Å². The maximum Gasteiger partial charge on any atom is 0.459 e. The van der Waals surface area contributed by atoms with E-state index in [0.717, 1.165) is 10.1 Å². The van der Waals surface area contributed by atoms with Crippen molar-refractivity contribution >= 4 is 27.6 Å². The third kappa shape index (κ3) is 7.60. The van der Waals surface area contributed by atoms with Crippen LogP contribution in [0.5, 0.6) is 5.75 Å². The van der Waals surface area contributed by atoms with Gasteiger partial charge in [-0.25, -0.2) is 13.8 Å². The second-order valence-corrected chi connectivity index (χ2v) is 11.1. The molecule has 2 aromatic carbocycles. The number of hydrogen-bond acceptors (Lipinski definition) is 10. The minimum atomic E-state index is -4.37. The first kappa shape index (κ1) is 30.4. The number of aliphatic hydroxyl groups excluding tert-OH is 1. The molecule has 1 saturated carbocycles. The van der Waals surface area contributed by atoms with E-state index in [1.54, 1.807) is 42.5 Å². The van der Waals surface area contributed by atoms with Gasteiger partial charge in [-0.05, 0) is 30.7 Å². The van der Waals surface area contributed by atoms with Crippen LogP contribution >= 0.6 is 7.75 Å². The summed E-state index contributed by atoms with van der Waals surface area (Å²) < 4.78 is 51.5.